The molecular formula is C15H18N4O4. The summed E-state index contributed by atoms with van der Waals surface area (Å²) in [5, 5.41) is 14.0. The second kappa shape index (κ2) is 5.45. The predicted molar refractivity (Wildman–Crippen MR) is 80.3 cm³/mol. The van der Waals surface area contributed by atoms with Crippen molar-refractivity contribution in [3.05, 3.63) is 22.4 Å². The summed E-state index contributed by atoms with van der Waals surface area (Å²) in [6, 6.07) is 0.167. The molecule has 1 saturated carbocycles. The van der Waals surface area contributed by atoms with Crippen LogP contribution < -0.4 is 5.56 Å². The molecule has 4 rings (SSSR count). The highest BCUT2D eigenvalue weighted by Gasteiger charge is 2.39. The Morgan fingerprint density at radius 2 is 2.09 bits per heavy atom. The van der Waals surface area contributed by atoms with E-state index in [2.05, 4.69) is 15.1 Å². The van der Waals surface area contributed by atoms with Gasteiger partial charge in [-0.1, -0.05) is 0 Å². The maximum absolute atomic E-state index is 12.3. The van der Waals surface area contributed by atoms with Crippen LogP contribution >= 0.6 is 0 Å². The summed E-state index contributed by atoms with van der Waals surface area (Å²) in [5.74, 6) is -1.05. The number of nitrogens with one attached hydrogen (secondary N) is 1. The van der Waals surface area contributed by atoms with Gasteiger partial charge in [0.25, 0.3) is 5.56 Å². The van der Waals surface area contributed by atoms with Crippen LogP contribution in [0.2, 0.25) is 0 Å². The van der Waals surface area contributed by atoms with E-state index in [0.717, 1.165) is 19.3 Å². The van der Waals surface area contributed by atoms with Crippen LogP contribution in [-0.4, -0.2) is 44.0 Å². The molecule has 2 atom stereocenters. The summed E-state index contributed by atoms with van der Waals surface area (Å²) in [5.41, 5.74) is 0.297. The zero-order valence-electron chi connectivity index (χ0n) is 12.6. The number of rotatable bonds is 3. The molecular weight excluding hydrogens is 300 g/mol. The number of ether oxygens (including phenoxy) is 1. The van der Waals surface area contributed by atoms with Crippen molar-refractivity contribution in [3.8, 4) is 0 Å². The average Bonchev–Trinajstić information content (AvgIpc) is 2.91. The van der Waals surface area contributed by atoms with Gasteiger partial charge in [-0.25, -0.2) is 9.67 Å². The van der Waals surface area contributed by atoms with Gasteiger partial charge in [0.2, 0.25) is 0 Å². The van der Waals surface area contributed by atoms with Crippen molar-refractivity contribution in [2.45, 2.75) is 37.6 Å². The van der Waals surface area contributed by atoms with Crippen LogP contribution in [0.4, 0.5) is 0 Å². The second-order valence-corrected chi connectivity index (χ2v) is 6.25. The first kappa shape index (κ1) is 14.4. The van der Waals surface area contributed by atoms with Crippen molar-refractivity contribution in [1.29, 1.82) is 0 Å². The van der Waals surface area contributed by atoms with Crippen LogP contribution in [0.1, 0.15) is 43.5 Å². The quantitative estimate of drug-likeness (QED) is 0.875. The van der Waals surface area contributed by atoms with E-state index in [1.165, 1.54) is 6.20 Å². The normalized spacial score (nSPS) is 25.4. The Labute approximate surface area is 131 Å². The van der Waals surface area contributed by atoms with Crippen LogP contribution in [0.15, 0.2) is 11.0 Å². The van der Waals surface area contributed by atoms with E-state index in [1.807, 2.05) is 0 Å². The fourth-order valence-electron chi connectivity index (χ4n) is 3.45. The molecule has 2 fully saturated rings. The summed E-state index contributed by atoms with van der Waals surface area (Å²) < 4.78 is 7.16. The molecule has 0 aromatic carbocycles. The Kier molecular flexibility index (Phi) is 3.41. The van der Waals surface area contributed by atoms with Crippen molar-refractivity contribution < 1.29 is 14.6 Å². The molecule has 1 saturated heterocycles. The van der Waals surface area contributed by atoms with E-state index < -0.39 is 11.9 Å². The molecule has 0 amide bonds. The number of hydrogen-bond acceptors (Lipinski definition) is 5. The van der Waals surface area contributed by atoms with Crippen molar-refractivity contribution in [3.63, 3.8) is 0 Å². The second-order valence-electron chi connectivity index (χ2n) is 6.25. The van der Waals surface area contributed by atoms with Gasteiger partial charge in [-0.15, -0.1) is 0 Å². The fourth-order valence-corrected chi connectivity index (χ4v) is 3.45. The number of H-pyrrole nitrogens is 1. The minimum Gasteiger partial charge on any atom is -0.481 e. The molecule has 0 bridgehead atoms. The Morgan fingerprint density at radius 1 is 1.30 bits per heavy atom. The third-order valence-corrected chi connectivity index (χ3v) is 4.96. The van der Waals surface area contributed by atoms with Gasteiger partial charge in [0.1, 0.15) is 11.2 Å². The monoisotopic (exact) mass is 318 g/mol. The summed E-state index contributed by atoms with van der Waals surface area (Å²) in [6.45, 7) is 1.34. The molecule has 1 aliphatic carbocycles. The SMILES string of the molecule is O=C(O)C1CCC1c1nc2c(cnn2C2CCOCC2)c(=O)[nH]1. The van der Waals surface area contributed by atoms with Crippen LogP contribution in [0.25, 0.3) is 11.0 Å². The molecule has 2 unspecified atom stereocenters. The summed E-state index contributed by atoms with van der Waals surface area (Å²) >= 11 is 0. The first-order valence-corrected chi connectivity index (χ1v) is 7.93. The molecule has 8 heteroatoms. The molecule has 2 aromatic heterocycles. The van der Waals surface area contributed by atoms with Gasteiger partial charge in [0, 0.05) is 19.1 Å². The molecule has 1 aliphatic heterocycles. The molecule has 2 N–H and O–H groups in total. The largest absolute Gasteiger partial charge is 0.481 e. The van der Waals surface area contributed by atoms with E-state index in [1.54, 1.807) is 4.68 Å². The molecule has 122 valence electrons. The van der Waals surface area contributed by atoms with E-state index in [4.69, 9.17) is 4.74 Å². The summed E-state index contributed by atoms with van der Waals surface area (Å²) in [6.07, 6.45) is 4.57. The third kappa shape index (κ3) is 2.33. The summed E-state index contributed by atoms with van der Waals surface area (Å²) in [7, 11) is 0. The molecule has 0 spiro atoms. The first-order chi connectivity index (χ1) is 11.1. The lowest BCUT2D eigenvalue weighted by molar-refractivity contribution is -0.145. The van der Waals surface area contributed by atoms with Crippen molar-refractivity contribution in [1.82, 2.24) is 19.7 Å². The lowest BCUT2D eigenvalue weighted by Crippen LogP contribution is -2.33. The number of carboxylic acids is 1. The topological polar surface area (TPSA) is 110 Å². The van der Waals surface area contributed by atoms with Crippen molar-refractivity contribution in [2.75, 3.05) is 13.2 Å². The molecule has 2 aliphatic rings. The molecule has 8 nitrogen and oxygen atoms in total. The van der Waals surface area contributed by atoms with E-state index in [9.17, 15) is 14.7 Å². The zero-order chi connectivity index (χ0) is 16.0. The highest BCUT2D eigenvalue weighted by molar-refractivity contribution is 5.74. The highest BCUT2D eigenvalue weighted by Crippen LogP contribution is 2.41. The van der Waals surface area contributed by atoms with Crippen molar-refractivity contribution in [2.24, 2.45) is 5.92 Å². The Balaban J connectivity index is 1.76. The number of aliphatic carboxylic acids is 1. The maximum atomic E-state index is 12.3. The molecule has 3 heterocycles. The van der Waals surface area contributed by atoms with Gasteiger partial charge in [0.15, 0.2) is 5.65 Å². The van der Waals surface area contributed by atoms with E-state index >= 15 is 0 Å². The lowest BCUT2D eigenvalue weighted by Gasteiger charge is -2.32. The minimum absolute atomic E-state index is 0.167. The van der Waals surface area contributed by atoms with E-state index in [-0.39, 0.29) is 17.5 Å². The number of aromatic nitrogens is 4. The van der Waals surface area contributed by atoms with Crippen LogP contribution in [-0.2, 0) is 9.53 Å². The van der Waals surface area contributed by atoms with Gasteiger partial charge in [0.05, 0.1) is 18.2 Å². The average molecular weight is 318 g/mol. The molecule has 23 heavy (non-hydrogen) atoms. The number of nitrogens with zero attached hydrogens (tertiary/aromatic N) is 3. The molecule has 0 radical (unpaired) electrons. The van der Waals surface area contributed by atoms with Crippen LogP contribution in [0.3, 0.4) is 0 Å². The van der Waals surface area contributed by atoms with Gasteiger partial charge in [-0.2, -0.15) is 5.10 Å². The first-order valence-electron chi connectivity index (χ1n) is 7.93. The maximum Gasteiger partial charge on any atom is 0.307 e. The van der Waals surface area contributed by atoms with Gasteiger partial charge in [-0.05, 0) is 25.7 Å². The predicted octanol–water partition coefficient (Wildman–Crippen LogP) is 1.05. The van der Waals surface area contributed by atoms with Gasteiger partial charge >= 0.3 is 5.97 Å². The third-order valence-electron chi connectivity index (χ3n) is 4.96. The number of carboxylic acid groups (broad SMARTS) is 1. The number of hydrogen-bond donors (Lipinski definition) is 2. The highest BCUT2D eigenvalue weighted by atomic mass is 16.5. The van der Waals surface area contributed by atoms with Crippen molar-refractivity contribution >= 4 is 17.0 Å². The van der Waals surface area contributed by atoms with Crippen LogP contribution in [0.5, 0.6) is 0 Å². The Hall–Kier alpha value is -2.22. The molecule has 2 aromatic rings. The van der Waals surface area contributed by atoms with Gasteiger partial charge < -0.3 is 14.8 Å². The summed E-state index contributed by atoms with van der Waals surface area (Å²) in [4.78, 5) is 30.8. The smallest absolute Gasteiger partial charge is 0.307 e. The number of aromatic amines is 1. The van der Waals surface area contributed by atoms with E-state index in [0.29, 0.717) is 36.5 Å². The zero-order valence-corrected chi connectivity index (χ0v) is 12.6. The van der Waals surface area contributed by atoms with Gasteiger partial charge in [-0.3, -0.25) is 9.59 Å². The minimum atomic E-state index is -0.832. The number of fused-ring (bicyclic) bond motifs is 1. The number of carbonyl (C=O) groups is 1. The Bertz CT molecular complexity index is 805. The fraction of sp³-hybridized carbons (Fsp3) is 0.600. The van der Waals surface area contributed by atoms with Crippen LogP contribution in [0, 0.1) is 5.92 Å². The standard InChI is InChI=1S/C15H18N4O4/c20-14-11-7-16-19(8-3-5-23-6-4-8)13(11)17-12(18-14)9-1-2-10(9)15(21)22/h7-10H,1-6H2,(H,21,22)(H,17,18,20). The Morgan fingerprint density at radius 3 is 2.74 bits per heavy atom. The lowest BCUT2D eigenvalue weighted by atomic mass is 9.73.